The maximum atomic E-state index is 12.1. The molecule has 1 aromatic carbocycles. The van der Waals surface area contributed by atoms with Gasteiger partial charge in [-0.15, -0.1) is 6.42 Å². The lowest BCUT2D eigenvalue weighted by molar-refractivity contribution is -0.122. The Kier molecular flexibility index (Phi) is 5.59. The van der Waals surface area contributed by atoms with E-state index in [-0.39, 0.29) is 17.8 Å². The first-order chi connectivity index (χ1) is 11.0. The van der Waals surface area contributed by atoms with Crippen molar-refractivity contribution in [2.75, 3.05) is 20.3 Å². The van der Waals surface area contributed by atoms with Crippen molar-refractivity contribution >= 4 is 40.6 Å². The minimum Gasteiger partial charge on any atom is -0.493 e. The van der Waals surface area contributed by atoms with Crippen LogP contribution in [-0.4, -0.2) is 36.3 Å². The van der Waals surface area contributed by atoms with Crippen molar-refractivity contribution in [2.24, 2.45) is 0 Å². The van der Waals surface area contributed by atoms with Crippen LogP contribution in [0.1, 0.15) is 12.5 Å². The molecule has 2 rings (SSSR count). The second-order valence-electron chi connectivity index (χ2n) is 4.45. The summed E-state index contributed by atoms with van der Waals surface area (Å²) in [5.41, 5.74) is 0.626. The van der Waals surface area contributed by atoms with Gasteiger partial charge in [0, 0.05) is 6.54 Å². The number of ether oxygens (including phenoxy) is 2. The highest BCUT2D eigenvalue weighted by Crippen LogP contribution is 2.38. The van der Waals surface area contributed by atoms with Gasteiger partial charge in [0.25, 0.3) is 11.1 Å². The molecule has 1 aliphatic heterocycles. The van der Waals surface area contributed by atoms with Crippen LogP contribution in [0, 0.1) is 12.3 Å². The second-order valence-corrected chi connectivity index (χ2v) is 5.85. The summed E-state index contributed by atoms with van der Waals surface area (Å²) in [4.78, 5) is 25.3. The van der Waals surface area contributed by atoms with Crippen LogP contribution in [0.25, 0.3) is 6.08 Å². The number of terminal acetylenes is 1. The van der Waals surface area contributed by atoms with Crippen LogP contribution in [0.2, 0.25) is 5.02 Å². The molecule has 0 aliphatic carbocycles. The lowest BCUT2D eigenvalue weighted by atomic mass is 10.1. The van der Waals surface area contributed by atoms with E-state index in [9.17, 15) is 9.59 Å². The van der Waals surface area contributed by atoms with Crippen molar-refractivity contribution in [3.63, 3.8) is 0 Å². The molecule has 0 atom stereocenters. The molecule has 120 valence electrons. The molecule has 0 unspecified atom stereocenters. The van der Waals surface area contributed by atoms with Crippen LogP contribution in [0.5, 0.6) is 11.5 Å². The van der Waals surface area contributed by atoms with Crippen LogP contribution in [-0.2, 0) is 4.79 Å². The van der Waals surface area contributed by atoms with Gasteiger partial charge in [-0.2, -0.15) is 0 Å². The van der Waals surface area contributed by atoms with Crippen LogP contribution >= 0.6 is 23.4 Å². The van der Waals surface area contributed by atoms with Crippen LogP contribution in [0.15, 0.2) is 17.0 Å². The molecule has 0 spiro atoms. The van der Waals surface area contributed by atoms with E-state index in [1.165, 1.54) is 12.0 Å². The predicted molar refractivity (Wildman–Crippen MR) is 90.7 cm³/mol. The Morgan fingerprint density at radius 3 is 2.74 bits per heavy atom. The Hall–Kier alpha value is -2.10. The smallest absolute Gasteiger partial charge is 0.293 e. The zero-order chi connectivity index (χ0) is 17.0. The number of imide groups is 1. The van der Waals surface area contributed by atoms with Gasteiger partial charge in [0.05, 0.1) is 17.0 Å². The standard InChI is InChI=1S/C16H14ClNO4S/c1-4-6-22-14-11(17)7-10(8-12(14)21-3)9-13-15(19)18(5-2)16(20)23-13/h1,7-9H,5-6H2,2-3H3. The maximum Gasteiger partial charge on any atom is 0.293 e. The number of hydrogen-bond donors (Lipinski definition) is 0. The topological polar surface area (TPSA) is 55.8 Å². The molecule has 0 saturated carbocycles. The molecular weight excluding hydrogens is 338 g/mol. The average Bonchev–Trinajstić information content (AvgIpc) is 2.79. The second kappa shape index (κ2) is 7.44. The SMILES string of the molecule is C#CCOc1c(Cl)cc(C=C2SC(=O)N(CC)C2=O)cc1OC. The number of nitrogens with zero attached hydrogens (tertiary/aromatic N) is 1. The summed E-state index contributed by atoms with van der Waals surface area (Å²) in [6.45, 7) is 2.15. The first-order valence-electron chi connectivity index (χ1n) is 6.71. The molecule has 1 aliphatic rings. The van der Waals surface area contributed by atoms with Gasteiger partial charge in [-0.05, 0) is 42.5 Å². The van der Waals surface area contributed by atoms with E-state index >= 15 is 0 Å². The lowest BCUT2D eigenvalue weighted by Crippen LogP contribution is -2.27. The van der Waals surface area contributed by atoms with Crippen LogP contribution in [0.3, 0.4) is 0 Å². The fraction of sp³-hybridized carbons (Fsp3) is 0.250. The first-order valence-corrected chi connectivity index (χ1v) is 7.90. The monoisotopic (exact) mass is 351 g/mol. The molecule has 1 aromatic rings. The Balaban J connectivity index is 2.37. The fourth-order valence-corrected chi connectivity index (χ4v) is 3.18. The molecule has 2 amide bonds. The first kappa shape index (κ1) is 17.3. The normalized spacial score (nSPS) is 15.9. The van der Waals surface area contributed by atoms with E-state index in [0.717, 1.165) is 11.8 Å². The van der Waals surface area contributed by atoms with Crippen molar-refractivity contribution in [2.45, 2.75) is 6.92 Å². The van der Waals surface area contributed by atoms with E-state index in [1.807, 2.05) is 0 Å². The number of likely N-dealkylation sites (N-methyl/N-ethyl adjacent to an activating group) is 1. The summed E-state index contributed by atoms with van der Waals surface area (Å²) in [6, 6.07) is 3.29. The van der Waals surface area contributed by atoms with E-state index in [4.69, 9.17) is 27.5 Å². The Morgan fingerprint density at radius 1 is 1.43 bits per heavy atom. The number of amides is 2. The number of hydrogen-bond acceptors (Lipinski definition) is 5. The van der Waals surface area contributed by atoms with E-state index < -0.39 is 0 Å². The third-order valence-corrected chi connectivity index (χ3v) is 4.23. The number of methoxy groups -OCH3 is 1. The van der Waals surface area contributed by atoms with Crippen molar-refractivity contribution < 1.29 is 19.1 Å². The maximum absolute atomic E-state index is 12.1. The molecule has 1 heterocycles. The minimum absolute atomic E-state index is 0.0603. The zero-order valence-electron chi connectivity index (χ0n) is 12.6. The van der Waals surface area contributed by atoms with E-state index in [1.54, 1.807) is 25.1 Å². The summed E-state index contributed by atoms with van der Waals surface area (Å²) in [6.07, 6.45) is 6.76. The summed E-state index contributed by atoms with van der Waals surface area (Å²) in [5.74, 6) is 2.77. The molecule has 23 heavy (non-hydrogen) atoms. The Bertz CT molecular complexity index is 724. The highest BCUT2D eigenvalue weighted by Gasteiger charge is 2.33. The molecule has 0 N–H and O–H groups in total. The largest absolute Gasteiger partial charge is 0.493 e. The van der Waals surface area contributed by atoms with Gasteiger partial charge in [-0.25, -0.2) is 0 Å². The van der Waals surface area contributed by atoms with Gasteiger partial charge in [-0.1, -0.05) is 17.5 Å². The molecular formula is C16H14ClNO4S. The zero-order valence-corrected chi connectivity index (χ0v) is 14.2. The summed E-state index contributed by atoms with van der Waals surface area (Å²) in [5, 5.41) is 0.0244. The Labute approximate surface area is 143 Å². The van der Waals surface area contributed by atoms with Crippen molar-refractivity contribution in [3.8, 4) is 23.8 Å². The molecule has 7 heteroatoms. The quantitative estimate of drug-likeness (QED) is 0.601. The predicted octanol–water partition coefficient (Wildman–Crippen LogP) is 3.42. The van der Waals surface area contributed by atoms with E-state index in [0.29, 0.717) is 33.5 Å². The van der Waals surface area contributed by atoms with E-state index in [2.05, 4.69) is 5.92 Å². The van der Waals surface area contributed by atoms with Gasteiger partial charge in [0.2, 0.25) is 0 Å². The molecule has 0 bridgehead atoms. The van der Waals surface area contributed by atoms with Crippen LogP contribution in [0.4, 0.5) is 4.79 Å². The molecule has 5 nitrogen and oxygen atoms in total. The van der Waals surface area contributed by atoms with Crippen molar-refractivity contribution in [1.82, 2.24) is 4.90 Å². The number of carbonyl (C=O) groups excluding carboxylic acids is 2. The highest BCUT2D eigenvalue weighted by molar-refractivity contribution is 8.18. The van der Waals surface area contributed by atoms with Gasteiger partial charge >= 0.3 is 0 Å². The molecule has 1 fully saturated rings. The van der Waals surface area contributed by atoms with Gasteiger partial charge in [-0.3, -0.25) is 14.5 Å². The van der Waals surface area contributed by atoms with Crippen molar-refractivity contribution in [3.05, 3.63) is 27.6 Å². The number of carbonyl (C=O) groups is 2. The number of benzene rings is 1. The number of rotatable bonds is 5. The van der Waals surface area contributed by atoms with Crippen LogP contribution < -0.4 is 9.47 Å². The number of thioether (sulfide) groups is 1. The third kappa shape index (κ3) is 3.63. The summed E-state index contributed by atoms with van der Waals surface area (Å²) in [7, 11) is 1.48. The average molecular weight is 352 g/mol. The van der Waals surface area contributed by atoms with Gasteiger partial charge in [0.1, 0.15) is 6.61 Å². The number of halogens is 1. The summed E-state index contributed by atoms with van der Waals surface area (Å²) >= 11 is 7.08. The lowest BCUT2D eigenvalue weighted by Gasteiger charge is -2.11. The Morgan fingerprint density at radius 2 is 2.17 bits per heavy atom. The molecule has 0 aromatic heterocycles. The molecule has 0 radical (unpaired) electrons. The summed E-state index contributed by atoms with van der Waals surface area (Å²) < 4.78 is 10.6. The minimum atomic E-state index is -0.315. The van der Waals surface area contributed by atoms with Gasteiger partial charge < -0.3 is 9.47 Å². The highest BCUT2D eigenvalue weighted by atomic mass is 35.5. The van der Waals surface area contributed by atoms with Gasteiger partial charge in [0.15, 0.2) is 11.5 Å². The fourth-order valence-electron chi connectivity index (χ4n) is 2.00. The molecule has 1 saturated heterocycles. The third-order valence-electron chi connectivity index (χ3n) is 3.04. The van der Waals surface area contributed by atoms with Crippen molar-refractivity contribution in [1.29, 1.82) is 0 Å².